The molecule has 0 aliphatic carbocycles. The van der Waals surface area contributed by atoms with Gasteiger partial charge in [0, 0.05) is 6.54 Å². The minimum absolute atomic E-state index is 0.0257. The fourth-order valence-electron chi connectivity index (χ4n) is 4.40. The third-order valence-electron chi connectivity index (χ3n) is 7.13. The van der Waals surface area contributed by atoms with Crippen molar-refractivity contribution in [3.8, 4) is 0 Å². The van der Waals surface area contributed by atoms with Crippen LogP contribution in [0.3, 0.4) is 0 Å². The van der Waals surface area contributed by atoms with E-state index < -0.39 is 72.6 Å². The number of carboxylic acid groups (broad SMARTS) is 1. The van der Waals surface area contributed by atoms with Crippen LogP contribution in [0.4, 0.5) is 4.79 Å². The number of alkyl carbamates (subject to hydrolysis) is 1. The summed E-state index contributed by atoms with van der Waals surface area (Å²) in [6.07, 6.45) is -2.19. The average Bonchev–Trinajstić information content (AvgIpc) is 3.09. The largest absolute Gasteiger partial charge is 0.480 e. The molecule has 0 radical (unpaired) electrons. The van der Waals surface area contributed by atoms with Crippen LogP contribution in [0.1, 0.15) is 44.2 Å². The summed E-state index contributed by atoms with van der Waals surface area (Å²) in [6, 6.07) is 14.1. The van der Waals surface area contributed by atoms with E-state index in [1.807, 2.05) is 60.7 Å². The van der Waals surface area contributed by atoms with Gasteiger partial charge in [-0.2, -0.15) is 0 Å². The van der Waals surface area contributed by atoms with Gasteiger partial charge in [0.15, 0.2) is 6.04 Å². The number of nitrogens with one attached hydrogen (secondary N) is 5. The summed E-state index contributed by atoms with van der Waals surface area (Å²) in [6.45, 7) is 2.20. The molecule has 2 aromatic carbocycles. The van der Waals surface area contributed by atoms with Gasteiger partial charge in [0.05, 0.1) is 31.9 Å². The Labute approximate surface area is 284 Å². The zero-order valence-electron chi connectivity index (χ0n) is 27.6. The fraction of sp³-hybridized carbons (Fsp3) is 0.455. The van der Waals surface area contributed by atoms with Crippen molar-refractivity contribution < 1.29 is 48.5 Å². The van der Waals surface area contributed by atoms with E-state index in [2.05, 4.69) is 26.6 Å². The van der Waals surface area contributed by atoms with Crippen molar-refractivity contribution in [2.24, 2.45) is 5.73 Å². The summed E-state index contributed by atoms with van der Waals surface area (Å²) in [7, 11) is 0. The van der Waals surface area contributed by atoms with Crippen molar-refractivity contribution in [1.82, 2.24) is 26.6 Å². The van der Waals surface area contributed by atoms with E-state index in [4.69, 9.17) is 15.2 Å². The van der Waals surface area contributed by atoms with Gasteiger partial charge in [-0.15, -0.1) is 0 Å². The number of carboxylic acids is 1. The molecule has 2 aromatic rings. The minimum Gasteiger partial charge on any atom is -0.480 e. The molecule has 16 nitrogen and oxygen atoms in total. The van der Waals surface area contributed by atoms with Crippen LogP contribution in [0, 0.1) is 0 Å². The molecule has 0 fully saturated rings. The third-order valence-corrected chi connectivity index (χ3v) is 7.13. The number of hydrogen-bond acceptors (Lipinski definition) is 10. The fourth-order valence-corrected chi connectivity index (χ4v) is 4.40. The van der Waals surface area contributed by atoms with E-state index in [9.17, 15) is 39.0 Å². The predicted molar refractivity (Wildman–Crippen MR) is 176 cm³/mol. The number of carbonyl (C=O) groups excluding carboxylic acids is 5. The highest BCUT2D eigenvalue weighted by Gasteiger charge is 2.31. The first-order valence-corrected chi connectivity index (χ1v) is 15.8. The standard InChI is InChI=1S/C33H46N6O10/c1-21(40)28(32(45)46)39-30(43)25(15-9-10-16-35-33(47)49-20-24-13-7-4-8-14-24)37-27(42)18-36-31(44)29(38-26(41)17-34)22(2)48-19-23-11-5-3-6-12-23/h3-8,11-14,21-22,25,28-29,40H,9-10,15-20,34H2,1-2H3,(H,35,47)(H,36,44)(H,37,42)(H,38,41)(H,39,43)(H,45,46)/t21-,22-,25+,28+,29+/m1/s1. The van der Waals surface area contributed by atoms with Gasteiger partial charge in [-0.3, -0.25) is 19.2 Å². The van der Waals surface area contributed by atoms with Crippen molar-refractivity contribution in [2.45, 2.75) is 76.7 Å². The first kappa shape index (κ1) is 40.1. The van der Waals surface area contributed by atoms with Crippen LogP contribution < -0.4 is 32.3 Å². The number of amides is 5. The molecule has 0 aliphatic rings. The highest BCUT2D eigenvalue weighted by Crippen LogP contribution is 2.08. The van der Waals surface area contributed by atoms with Gasteiger partial charge < -0.3 is 52.0 Å². The van der Waals surface area contributed by atoms with Gasteiger partial charge in [-0.05, 0) is 44.2 Å². The van der Waals surface area contributed by atoms with Crippen LogP contribution in [0.25, 0.3) is 0 Å². The molecule has 268 valence electrons. The second-order valence-electron chi connectivity index (χ2n) is 11.1. The number of carbonyl (C=O) groups is 6. The smallest absolute Gasteiger partial charge is 0.407 e. The molecule has 0 aromatic heterocycles. The highest BCUT2D eigenvalue weighted by molar-refractivity contribution is 5.93. The Balaban J connectivity index is 1.96. The number of aliphatic hydroxyl groups excluding tert-OH is 1. The summed E-state index contributed by atoms with van der Waals surface area (Å²) in [5.41, 5.74) is 7.06. The Morgan fingerprint density at radius 1 is 0.755 bits per heavy atom. The van der Waals surface area contributed by atoms with Crippen LogP contribution in [-0.4, -0.2) is 95.9 Å². The number of aliphatic carboxylic acids is 1. The van der Waals surface area contributed by atoms with E-state index in [0.717, 1.165) is 11.1 Å². The average molecular weight is 687 g/mol. The van der Waals surface area contributed by atoms with E-state index in [-0.39, 0.29) is 32.7 Å². The molecule has 2 rings (SSSR count). The van der Waals surface area contributed by atoms with Crippen LogP contribution in [0.2, 0.25) is 0 Å². The Bertz CT molecular complexity index is 1360. The van der Waals surface area contributed by atoms with Gasteiger partial charge in [0.1, 0.15) is 18.7 Å². The first-order chi connectivity index (χ1) is 23.4. The number of benzene rings is 2. The maximum Gasteiger partial charge on any atom is 0.407 e. The highest BCUT2D eigenvalue weighted by atomic mass is 16.5. The summed E-state index contributed by atoms with van der Waals surface area (Å²) < 4.78 is 10.9. The summed E-state index contributed by atoms with van der Waals surface area (Å²) in [4.78, 5) is 74.5. The molecule has 0 spiro atoms. The molecule has 49 heavy (non-hydrogen) atoms. The Morgan fingerprint density at radius 2 is 1.37 bits per heavy atom. The van der Waals surface area contributed by atoms with Crippen LogP contribution in [0.15, 0.2) is 60.7 Å². The molecular weight excluding hydrogens is 640 g/mol. The molecule has 0 heterocycles. The number of ether oxygens (including phenoxy) is 2. The lowest BCUT2D eigenvalue weighted by molar-refractivity contribution is -0.145. The number of rotatable bonds is 21. The number of hydrogen-bond donors (Lipinski definition) is 8. The molecule has 0 unspecified atom stereocenters. The monoisotopic (exact) mass is 686 g/mol. The van der Waals surface area contributed by atoms with Crippen LogP contribution >= 0.6 is 0 Å². The minimum atomic E-state index is -1.64. The number of aliphatic hydroxyl groups is 1. The lowest BCUT2D eigenvalue weighted by Crippen LogP contribution is -2.57. The molecular formula is C33H46N6O10. The van der Waals surface area contributed by atoms with Crippen molar-refractivity contribution in [3.63, 3.8) is 0 Å². The lowest BCUT2D eigenvalue weighted by atomic mass is 10.1. The van der Waals surface area contributed by atoms with Crippen LogP contribution in [0.5, 0.6) is 0 Å². The summed E-state index contributed by atoms with van der Waals surface area (Å²) in [5, 5.41) is 31.4. The maximum absolute atomic E-state index is 13.0. The molecule has 5 amide bonds. The molecule has 5 atom stereocenters. The Kier molecular flexibility index (Phi) is 17.8. The first-order valence-electron chi connectivity index (χ1n) is 15.8. The summed E-state index contributed by atoms with van der Waals surface area (Å²) >= 11 is 0. The number of nitrogens with two attached hydrogens (primary N) is 1. The second-order valence-corrected chi connectivity index (χ2v) is 11.1. The third kappa shape index (κ3) is 15.6. The van der Waals surface area contributed by atoms with Crippen molar-refractivity contribution in [2.75, 3.05) is 19.6 Å². The van der Waals surface area contributed by atoms with Gasteiger partial charge in [-0.25, -0.2) is 9.59 Å². The quantitative estimate of drug-likeness (QED) is 0.0791. The normalized spacial score (nSPS) is 13.8. The Hall–Kier alpha value is -5.06. The molecule has 0 saturated heterocycles. The maximum atomic E-state index is 13.0. The molecule has 0 aliphatic heterocycles. The molecule has 9 N–H and O–H groups in total. The van der Waals surface area contributed by atoms with Crippen molar-refractivity contribution in [3.05, 3.63) is 71.8 Å². The molecule has 0 saturated carbocycles. The van der Waals surface area contributed by atoms with Crippen molar-refractivity contribution in [1.29, 1.82) is 0 Å². The van der Waals surface area contributed by atoms with Gasteiger partial charge in [-0.1, -0.05) is 60.7 Å². The van der Waals surface area contributed by atoms with E-state index in [1.165, 1.54) is 6.92 Å². The predicted octanol–water partition coefficient (Wildman–Crippen LogP) is -0.317. The second kappa shape index (κ2) is 21.7. The number of unbranched alkanes of at least 4 members (excludes halogenated alkanes) is 1. The summed E-state index contributed by atoms with van der Waals surface area (Å²) in [5.74, 6) is -4.51. The lowest BCUT2D eigenvalue weighted by Gasteiger charge is -2.25. The van der Waals surface area contributed by atoms with Gasteiger partial charge in [0.25, 0.3) is 0 Å². The van der Waals surface area contributed by atoms with E-state index in [0.29, 0.717) is 12.8 Å². The van der Waals surface area contributed by atoms with Gasteiger partial charge >= 0.3 is 12.1 Å². The topological polar surface area (TPSA) is 248 Å². The molecule has 16 heteroatoms. The zero-order chi connectivity index (χ0) is 36.2. The Morgan fingerprint density at radius 3 is 1.94 bits per heavy atom. The van der Waals surface area contributed by atoms with E-state index in [1.54, 1.807) is 6.92 Å². The molecule has 0 bridgehead atoms. The zero-order valence-corrected chi connectivity index (χ0v) is 27.6. The van der Waals surface area contributed by atoms with Crippen LogP contribution in [-0.2, 0) is 46.7 Å². The SMILES string of the molecule is C[C@@H](O)[C@H](NC(=O)[C@H](CCCCNC(=O)OCc1ccccc1)NC(=O)CNC(=O)[C@@H](NC(=O)CN)[C@@H](C)OCc1ccccc1)C(=O)O. The van der Waals surface area contributed by atoms with E-state index >= 15 is 0 Å². The van der Waals surface area contributed by atoms with Gasteiger partial charge in [0.2, 0.25) is 23.6 Å². The van der Waals surface area contributed by atoms with Crippen molar-refractivity contribution >= 4 is 35.7 Å².